The van der Waals surface area contributed by atoms with Crippen LogP contribution in [-0.2, 0) is 9.53 Å². The molecular formula is C16H17N3O2. The molecule has 0 atom stereocenters. The van der Waals surface area contributed by atoms with E-state index in [-0.39, 0.29) is 12.5 Å². The number of methoxy groups -OCH3 is 1. The van der Waals surface area contributed by atoms with Crippen LogP contribution >= 0.6 is 0 Å². The monoisotopic (exact) mass is 283 g/mol. The summed E-state index contributed by atoms with van der Waals surface area (Å²) in [5, 5.41) is 16.8. The van der Waals surface area contributed by atoms with Crippen molar-refractivity contribution in [2.75, 3.05) is 32.1 Å². The molecule has 1 amide bonds. The zero-order valence-corrected chi connectivity index (χ0v) is 11.8. The first-order valence-electron chi connectivity index (χ1n) is 6.67. The Hall–Kier alpha value is -2.58. The lowest BCUT2D eigenvalue weighted by Gasteiger charge is -2.11. The maximum Gasteiger partial charge on any atom is 0.239 e. The molecule has 0 aromatic heterocycles. The van der Waals surface area contributed by atoms with Crippen LogP contribution in [-0.4, -0.2) is 32.7 Å². The Morgan fingerprint density at radius 3 is 2.71 bits per heavy atom. The molecule has 0 aliphatic carbocycles. The molecule has 0 spiro atoms. The predicted octanol–water partition coefficient (Wildman–Crippen LogP) is 1.89. The molecule has 21 heavy (non-hydrogen) atoms. The largest absolute Gasteiger partial charge is 0.383 e. The summed E-state index contributed by atoms with van der Waals surface area (Å²) in [6.07, 6.45) is 0. The lowest BCUT2D eigenvalue weighted by Crippen LogP contribution is -2.32. The first-order chi connectivity index (χ1) is 10.3. The summed E-state index contributed by atoms with van der Waals surface area (Å²) in [6, 6.07) is 13.4. The smallest absolute Gasteiger partial charge is 0.239 e. The van der Waals surface area contributed by atoms with Crippen LogP contribution in [0.1, 0.15) is 5.56 Å². The van der Waals surface area contributed by atoms with Crippen molar-refractivity contribution in [1.29, 1.82) is 5.26 Å². The van der Waals surface area contributed by atoms with Crippen molar-refractivity contribution in [3.63, 3.8) is 0 Å². The number of rotatable bonds is 6. The van der Waals surface area contributed by atoms with Crippen LogP contribution in [0.25, 0.3) is 10.8 Å². The fraction of sp³-hybridized carbons (Fsp3) is 0.250. The highest BCUT2D eigenvalue weighted by Crippen LogP contribution is 2.26. The molecule has 2 aromatic rings. The van der Waals surface area contributed by atoms with Crippen molar-refractivity contribution in [2.45, 2.75) is 0 Å². The van der Waals surface area contributed by atoms with E-state index in [0.717, 1.165) is 16.5 Å². The van der Waals surface area contributed by atoms with Crippen LogP contribution in [0.4, 0.5) is 5.69 Å². The Labute approximate surface area is 123 Å². The number of ether oxygens (including phenoxy) is 1. The summed E-state index contributed by atoms with van der Waals surface area (Å²) in [5.41, 5.74) is 1.46. The first kappa shape index (κ1) is 14.8. The Balaban J connectivity index is 2.09. The number of hydrogen-bond donors (Lipinski definition) is 2. The van der Waals surface area contributed by atoms with Gasteiger partial charge in [0.15, 0.2) is 0 Å². The van der Waals surface area contributed by atoms with E-state index in [4.69, 9.17) is 10.00 Å². The fourth-order valence-electron chi connectivity index (χ4n) is 2.08. The van der Waals surface area contributed by atoms with Gasteiger partial charge in [0.1, 0.15) is 0 Å². The number of nitrogens with one attached hydrogen (secondary N) is 2. The van der Waals surface area contributed by atoms with E-state index in [1.807, 2.05) is 30.3 Å². The van der Waals surface area contributed by atoms with E-state index in [0.29, 0.717) is 18.7 Å². The summed E-state index contributed by atoms with van der Waals surface area (Å²) >= 11 is 0. The fourth-order valence-corrected chi connectivity index (χ4v) is 2.08. The Morgan fingerprint density at radius 1 is 1.24 bits per heavy atom. The quantitative estimate of drug-likeness (QED) is 0.794. The summed E-state index contributed by atoms with van der Waals surface area (Å²) < 4.78 is 4.87. The molecule has 0 unspecified atom stereocenters. The van der Waals surface area contributed by atoms with E-state index < -0.39 is 0 Å². The second-order valence-corrected chi connectivity index (χ2v) is 4.51. The molecule has 0 aliphatic rings. The molecule has 2 rings (SSSR count). The number of amides is 1. The molecule has 0 saturated heterocycles. The molecule has 0 heterocycles. The summed E-state index contributed by atoms with van der Waals surface area (Å²) in [7, 11) is 1.59. The van der Waals surface area contributed by atoms with Gasteiger partial charge < -0.3 is 15.4 Å². The molecule has 5 nitrogen and oxygen atoms in total. The zero-order valence-electron chi connectivity index (χ0n) is 11.8. The average molecular weight is 283 g/mol. The van der Waals surface area contributed by atoms with E-state index in [1.165, 1.54) is 0 Å². The molecule has 2 N–H and O–H groups in total. The summed E-state index contributed by atoms with van der Waals surface area (Å²) in [5.74, 6) is -0.0968. The van der Waals surface area contributed by atoms with Gasteiger partial charge in [-0.25, -0.2) is 0 Å². The minimum Gasteiger partial charge on any atom is -0.383 e. The van der Waals surface area contributed by atoms with Crippen molar-refractivity contribution in [1.82, 2.24) is 5.32 Å². The van der Waals surface area contributed by atoms with Crippen molar-refractivity contribution >= 4 is 22.4 Å². The number of carbonyl (C=O) groups excluding carboxylic acids is 1. The lowest BCUT2D eigenvalue weighted by atomic mass is 10.0. The third kappa shape index (κ3) is 3.71. The van der Waals surface area contributed by atoms with E-state index in [2.05, 4.69) is 16.7 Å². The molecule has 5 heteroatoms. The van der Waals surface area contributed by atoms with Gasteiger partial charge in [-0.2, -0.15) is 5.26 Å². The highest BCUT2D eigenvalue weighted by atomic mass is 16.5. The van der Waals surface area contributed by atoms with Gasteiger partial charge in [-0.05, 0) is 12.1 Å². The van der Waals surface area contributed by atoms with Crippen molar-refractivity contribution in [3.05, 3.63) is 42.0 Å². The highest BCUT2D eigenvalue weighted by molar-refractivity contribution is 5.98. The number of benzene rings is 2. The van der Waals surface area contributed by atoms with Gasteiger partial charge in [-0.15, -0.1) is 0 Å². The molecule has 0 bridgehead atoms. The third-order valence-electron chi connectivity index (χ3n) is 3.11. The molecule has 0 saturated carbocycles. The molecule has 2 aromatic carbocycles. The Bertz CT molecular complexity index is 677. The normalized spacial score (nSPS) is 10.1. The van der Waals surface area contributed by atoms with E-state index in [1.54, 1.807) is 13.2 Å². The van der Waals surface area contributed by atoms with Gasteiger partial charge in [0.05, 0.1) is 24.8 Å². The molecule has 0 aliphatic heterocycles. The second kappa shape index (κ2) is 7.27. The van der Waals surface area contributed by atoms with Crippen molar-refractivity contribution < 1.29 is 9.53 Å². The molecular weight excluding hydrogens is 266 g/mol. The number of nitriles is 1. The summed E-state index contributed by atoms with van der Waals surface area (Å²) in [4.78, 5) is 11.7. The number of carbonyl (C=O) groups is 1. The van der Waals surface area contributed by atoms with Gasteiger partial charge in [0, 0.05) is 30.1 Å². The van der Waals surface area contributed by atoms with Crippen LogP contribution in [0.2, 0.25) is 0 Å². The maximum absolute atomic E-state index is 11.7. The highest BCUT2D eigenvalue weighted by Gasteiger charge is 2.06. The van der Waals surface area contributed by atoms with Gasteiger partial charge >= 0.3 is 0 Å². The summed E-state index contributed by atoms with van der Waals surface area (Å²) in [6.45, 7) is 1.16. The van der Waals surface area contributed by atoms with Crippen LogP contribution < -0.4 is 10.6 Å². The number of nitrogens with zero attached hydrogens (tertiary/aromatic N) is 1. The molecule has 108 valence electrons. The predicted molar refractivity (Wildman–Crippen MR) is 82.0 cm³/mol. The first-order valence-corrected chi connectivity index (χ1v) is 6.67. The maximum atomic E-state index is 11.7. The SMILES string of the molecule is COCCNC(=O)CNc1ccc(C#N)c2ccccc12. The number of anilines is 1. The number of hydrogen-bond acceptors (Lipinski definition) is 4. The topological polar surface area (TPSA) is 74.2 Å². The standard InChI is InChI=1S/C16H17N3O2/c1-21-9-8-18-16(20)11-19-15-7-6-12(10-17)13-4-2-3-5-14(13)15/h2-7,19H,8-9,11H2,1H3,(H,18,20). The third-order valence-corrected chi connectivity index (χ3v) is 3.11. The zero-order chi connectivity index (χ0) is 15.1. The van der Waals surface area contributed by atoms with Gasteiger partial charge in [-0.1, -0.05) is 24.3 Å². The Kier molecular flexibility index (Phi) is 5.13. The van der Waals surface area contributed by atoms with Gasteiger partial charge in [0.2, 0.25) is 5.91 Å². The molecule has 0 radical (unpaired) electrons. The van der Waals surface area contributed by atoms with Crippen LogP contribution in [0.15, 0.2) is 36.4 Å². The van der Waals surface area contributed by atoms with Crippen molar-refractivity contribution in [2.24, 2.45) is 0 Å². The minimum atomic E-state index is -0.0968. The van der Waals surface area contributed by atoms with E-state index >= 15 is 0 Å². The second-order valence-electron chi connectivity index (χ2n) is 4.51. The van der Waals surface area contributed by atoms with Crippen LogP contribution in [0.5, 0.6) is 0 Å². The van der Waals surface area contributed by atoms with Gasteiger partial charge in [0.25, 0.3) is 0 Å². The van der Waals surface area contributed by atoms with Gasteiger partial charge in [-0.3, -0.25) is 4.79 Å². The average Bonchev–Trinajstić information content (AvgIpc) is 2.52. The van der Waals surface area contributed by atoms with Crippen LogP contribution in [0, 0.1) is 11.3 Å². The Morgan fingerprint density at radius 2 is 2.00 bits per heavy atom. The molecule has 0 fully saturated rings. The number of fused-ring (bicyclic) bond motifs is 1. The van der Waals surface area contributed by atoms with Crippen molar-refractivity contribution in [3.8, 4) is 6.07 Å². The van der Waals surface area contributed by atoms with Crippen LogP contribution in [0.3, 0.4) is 0 Å². The minimum absolute atomic E-state index is 0.0968. The lowest BCUT2D eigenvalue weighted by molar-refractivity contribution is -0.119. The van der Waals surface area contributed by atoms with E-state index in [9.17, 15) is 4.79 Å².